The van der Waals surface area contributed by atoms with Crippen LogP contribution in [0.15, 0.2) is 6.20 Å². The summed E-state index contributed by atoms with van der Waals surface area (Å²) in [6, 6.07) is 0. The van der Waals surface area contributed by atoms with Crippen molar-refractivity contribution < 1.29 is 0 Å². The highest BCUT2D eigenvalue weighted by molar-refractivity contribution is 5.41. The Morgan fingerprint density at radius 3 is 2.29 bits per heavy atom. The minimum absolute atomic E-state index is 0.0808. The van der Waals surface area contributed by atoms with Gasteiger partial charge in [0.25, 0.3) is 0 Å². The van der Waals surface area contributed by atoms with Gasteiger partial charge in [0.2, 0.25) is 0 Å². The molecule has 0 radical (unpaired) electrons. The molecule has 0 aromatic carbocycles. The molecule has 0 saturated heterocycles. The maximum absolute atomic E-state index is 6.06. The van der Waals surface area contributed by atoms with E-state index in [1.54, 1.807) is 0 Å². The SMILES string of the molecule is Cn1cc(C2(CN)CC2(C)C)c(C(C)(C)C)n1. The van der Waals surface area contributed by atoms with Gasteiger partial charge in [-0.05, 0) is 11.8 Å². The Morgan fingerprint density at radius 1 is 1.41 bits per heavy atom. The molecule has 96 valence electrons. The third-order valence-corrected chi connectivity index (χ3v) is 4.32. The zero-order valence-corrected chi connectivity index (χ0v) is 12.0. The Balaban J connectivity index is 2.54. The van der Waals surface area contributed by atoms with E-state index in [-0.39, 0.29) is 10.8 Å². The Hall–Kier alpha value is -0.830. The maximum atomic E-state index is 6.06. The zero-order chi connectivity index (χ0) is 13.1. The smallest absolute Gasteiger partial charge is 0.0716 e. The van der Waals surface area contributed by atoms with E-state index in [0.29, 0.717) is 5.41 Å². The molecular formula is C14H25N3. The second-order valence-electron chi connectivity index (χ2n) is 7.16. The quantitative estimate of drug-likeness (QED) is 0.855. The molecule has 1 aromatic rings. The molecule has 0 aliphatic heterocycles. The van der Waals surface area contributed by atoms with Crippen LogP contribution in [-0.4, -0.2) is 16.3 Å². The van der Waals surface area contributed by atoms with Gasteiger partial charge in [0.05, 0.1) is 5.69 Å². The van der Waals surface area contributed by atoms with Crippen LogP contribution < -0.4 is 5.73 Å². The van der Waals surface area contributed by atoms with Crippen molar-refractivity contribution in [2.45, 2.75) is 51.9 Å². The first-order valence-corrected chi connectivity index (χ1v) is 6.39. The number of nitrogens with two attached hydrogens (primary N) is 1. The fourth-order valence-corrected chi connectivity index (χ4v) is 3.02. The standard InChI is InChI=1S/C14H25N3/c1-12(2,3)11-10(7-17(6)16-11)14(9-15)8-13(14,4)5/h7H,8-9,15H2,1-6H3. The predicted molar refractivity (Wildman–Crippen MR) is 71.0 cm³/mol. The Labute approximate surface area is 104 Å². The first-order valence-electron chi connectivity index (χ1n) is 6.39. The molecule has 3 nitrogen and oxygen atoms in total. The van der Waals surface area contributed by atoms with Crippen LogP contribution in [0, 0.1) is 5.41 Å². The highest BCUT2D eigenvalue weighted by Crippen LogP contribution is 2.64. The summed E-state index contributed by atoms with van der Waals surface area (Å²) in [5, 5.41) is 4.66. The lowest BCUT2D eigenvalue weighted by molar-refractivity contribution is 0.482. The predicted octanol–water partition coefficient (Wildman–Crippen LogP) is 2.34. The van der Waals surface area contributed by atoms with Gasteiger partial charge >= 0.3 is 0 Å². The highest BCUT2D eigenvalue weighted by atomic mass is 15.3. The molecule has 0 bridgehead atoms. The molecule has 1 saturated carbocycles. The van der Waals surface area contributed by atoms with Gasteiger partial charge in [-0.2, -0.15) is 5.10 Å². The second-order valence-corrected chi connectivity index (χ2v) is 7.16. The number of hydrogen-bond donors (Lipinski definition) is 1. The number of rotatable bonds is 2. The average molecular weight is 235 g/mol. The van der Waals surface area contributed by atoms with Crippen LogP contribution in [0.2, 0.25) is 0 Å². The molecule has 1 unspecified atom stereocenters. The van der Waals surface area contributed by atoms with E-state index < -0.39 is 0 Å². The van der Waals surface area contributed by atoms with Crippen LogP contribution in [-0.2, 0) is 17.9 Å². The molecule has 0 spiro atoms. The van der Waals surface area contributed by atoms with E-state index in [0.717, 1.165) is 6.54 Å². The van der Waals surface area contributed by atoms with Gasteiger partial charge in [0, 0.05) is 36.2 Å². The first-order chi connectivity index (χ1) is 7.64. The van der Waals surface area contributed by atoms with E-state index in [2.05, 4.69) is 45.9 Å². The summed E-state index contributed by atoms with van der Waals surface area (Å²) in [6.45, 7) is 12.0. The number of aryl methyl sites for hydroxylation is 1. The fourth-order valence-electron chi connectivity index (χ4n) is 3.02. The van der Waals surface area contributed by atoms with Crippen molar-refractivity contribution >= 4 is 0 Å². The molecule has 1 aliphatic carbocycles. The largest absolute Gasteiger partial charge is 0.330 e. The summed E-state index contributed by atoms with van der Waals surface area (Å²) >= 11 is 0. The summed E-state index contributed by atoms with van der Waals surface area (Å²) < 4.78 is 1.93. The summed E-state index contributed by atoms with van der Waals surface area (Å²) in [5.41, 5.74) is 9.16. The van der Waals surface area contributed by atoms with Crippen molar-refractivity contribution in [3.8, 4) is 0 Å². The van der Waals surface area contributed by atoms with Crippen LogP contribution in [0.5, 0.6) is 0 Å². The topological polar surface area (TPSA) is 43.8 Å². The van der Waals surface area contributed by atoms with Gasteiger partial charge < -0.3 is 5.73 Å². The third-order valence-electron chi connectivity index (χ3n) is 4.32. The van der Waals surface area contributed by atoms with E-state index in [1.165, 1.54) is 17.7 Å². The lowest BCUT2D eigenvalue weighted by Crippen LogP contribution is -2.28. The average Bonchev–Trinajstić information content (AvgIpc) is 2.53. The molecule has 0 amide bonds. The molecular weight excluding hydrogens is 210 g/mol. The minimum Gasteiger partial charge on any atom is -0.330 e. The fraction of sp³-hybridized carbons (Fsp3) is 0.786. The van der Waals surface area contributed by atoms with E-state index in [9.17, 15) is 0 Å². The van der Waals surface area contributed by atoms with E-state index in [1.807, 2.05) is 11.7 Å². The Kier molecular flexibility index (Phi) is 2.48. The summed E-state index contributed by atoms with van der Waals surface area (Å²) in [7, 11) is 2.00. The zero-order valence-electron chi connectivity index (χ0n) is 12.0. The lowest BCUT2D eigenvalue weighted by atomic mass is 9.81. The highest BCUT2D eigenvalue weighted by Gasteiger charge is 2.62. The van der Waals surface area contributed by atoms with Gasteiger partial charge in [-0.15, -0.1) is 0 Å². The lowest BCUT2D eigenvalue weighted by Gasteiger charge is -2.24. The molecule has 2 N–H and O–H groups in total. The van der Waals surface area contributed by atoms with Crippen molar-refractivity contribution in [1.82, 2.24) is 9.78 Å². The number of aromatic nitrogens is 2. The van der Waals surface area contributed by atoms with Crippen LogP contribution in [0.4, 0.5) is 0 Å². The first kappa shape index (κ1) is 12.6. The van der Waals surface area contributed by atoms with Crippen LogP contribution in [0.25, 0.3) is 0 Å². The molecule has 1 aliphatic rings. The Morgan fingerprint density at radius 2 is 1.94 bits per heavy atom. The van der Waals surface area contributed by atoms with Crippen molar-refractivity contribution in [2.75, 3.05) is 6.54 Å². The van der Waals surface area contributed by atoms with Gasteiger partial charge in [-0.3, -0.25) is 4.68 Å². The minimum atomic E-state index is 0.0808. The third kappa shape index (κ3) is 1.71. The molecule has 17 heavy (non-hydrogen) atoms. The summed E-state index contributed by atoms with van der Waals surface area (Å²) in [6.07, 6.45) is 3.34. The van der Waals surface area contributed by atoms with Crippen LogP contribution in [0.3, 0.4) is 0 Å². The summed E-state index contributed by atoms with van der Waals surface area (Å²) in [4.78, 5) is 0. The summed E-state index contributed by atoms with van der Waals surface area (Å²) in [5.74, 6) is 0. The monoisotopic (exact) mass is 235 g/mol. The maximum Gasteiger partial charge on any atom is 0.0716 e. The van der Waals surface area contributed by atoms with Gasteiger partial charge in [-0.25, -0.2) is 0 Å². The van der Waals surface area contributed by atoms with Crippen LogP contribution >= 0.6 is 0 Å². The molecule has 1 heterocycles. The molecule has 1 aromatic heterocycles. The van der Waals surface area contributed by atoms with Crippen molar-refractivity contribution in [3.05, 3.63) is 17.5 Å². The second kappa shape index (κ2) is 3.35. The normalized spacial score (nSPS) is 27.2. The van der Waals surface area contributed by atoms with Crippen molar-refractivity contribution in [2.24, 2.45) is 18.2 Å². The number of nitrogens with zero attached hydrogens (tertiary/aromatic N) is 2. The van der Waals surface area contributed by atoms with Gasteiger partial charge in [0.15, 0.2) is 0 Å². The molecule has 1 fully saturated rings. The van der Waals surface area contributed by atoms with Crippen molar-refractivity contribution in [3.63, 3.8) is 0 Å². The van der Waals surface area contributed by atoms with Crippen LogP contribution in [0.1, 0.15) is 52.3 Å². The molecule has 1 atom stereocenters. The van der Waals surface area contributed by atoms with Crippen molar-refractivity contribution in [1.29, 1.82) is 0 Å². The van der Waals surface area contributed by atoms with E-state index in [4.69, 9.17) is 5.73 Å². The van der Waals surface area contributed by atoms with Gasteiger partial charge in [-0.1, -0.05) is 34.6 Å². The number of hydrogen-bond acceptors (Lipinski definition) is 2. The molecule has 3 heteroatoms. The Bertz CT molecular complexity index is 437. The van der Waals surface area contributed by atoms with E-state index >= 15 is 0 Å². The molecule has 2 rings (SSSR count). The van der Waals surface area contributed by atoms with Gasteiger partial charge in [0.1, 0.15) is 0 Å².